The molecule has 0 saturated carbocycles. The van der Waals surface area contributed by atoms with E-state index >= 15 is 0 Å². The topological polar surface area (TPSA) is 62.5 Å². The van der Waals surface area contributed by atoms with Crippen molar-refractivity contribution in [2.24, 2.45) is 0 Å². The van der Waals surface area contributed by atoms with Gasteiger partial charge in [-0.25, -0.2) is 9.50 Å². The maximum absolute atomic E-state index is 13.1. The molecule has 1 aliphatic rings. The third-order valence-corrected chi connectivity index (χ3v) is 4.64. The number of fused-ring (bicyclic) bond motifs is 1. The number of aryl methyl sites for hydroxylation is 2. The highest BCUT2D eigenvalue weighted by atomic mass is 16.2. The van der Waals surface area contributed by atoms with Crippen molar-refractivity contribution in [2.45, 2.75) is 19.9 Å². The van der Waals surface area contributed by atoms with E-state index in [1.54, 1.807) is 10.6 Å². The zero-order chi connectivity index (χ0) is 17.4. The van der Waals surface area contributed by atoms with Crippen LogP contribution in [0.3, 0.4) is 0 Å². The minimum atomic E-state index is -0.0436. The lowest BCUT2D eigenvalue weighted by atomic mass is 10.0. The van der Waals surface area contributed by atoms with E-state index in [4.69, 9.17) is 0 Å². The molecule has 1 amide bonds. The molecule has 128 valence electrons. The van der Waals surface area contributed by atoms with Crippen LogP contribution in [0.25, 0.3) is 5.65 Å². The first-order valence-electron chi connectivity index (χ1n) is 8.54. The average molecular weight is 335 g/mol. The van der Waals surface area contributed by atoms with E-state index < -0.39 is 0 Å². The van der Waals surface area contributed by atoms with Gasteiger partial charge >= 0.3 is 0 Å². The van der Waals surface area contributed by atoms with Crippen LogP contribution in [0, 0.1) is 13.8 Å². The SMILES string of the molecule is Cc1cc(C)n2nc(C(=O)N3CCNCC3c3ccccc3)cc2n1. The number of rotatable bonds is 2. The molecule has 6 heteroatoms. The van der Waals surface area contributed by atoms with Crippen LogP contribution in [0.4, 0.5) is 0 Å². The van der Waals surface area contributed by atoms with Crippen LogP contribution < -0.4 is 5.32 Å². The molecule has 1 aromatic carbocycles. The molecule has 1 unspecified atom stereocenters. The number of benzene rings is 1. The van der Waals surface area contributed by atoms with Crippen molar-refractivity contribution in [3.63, 3.8) is 0 Å². The van der Waals surface area contributed by atoms with Crippen LogP contribution in [0.2, 0.25) is 0 Å². The normalized spacial score (nSPS) is 17.8. The van der Waals surface area contributed by atoms with Gasteiger partial charge in [-0.3, -0.25) is 4.79 Å². The Kier molecular flexibility index (Phi) is 3.97. The quantitative estimate of drug-likeness (QED) is 0.779. The largest absolute Gasteiger partial charge is 0.328 e. The van der Waals surface area contributed by atoms with Gasteiger partial charge in [-0.1, -0.05) is 30.3 Å². The number of nitrogens with one attached hydrogen (secondary N) is 1. The molecule has 0 spiro atoms. The number of carbonyl (C=O) groups is 1. The predicted octanol–water partition coefficient (Wildman–Crippen LogP) is 2.13. The molecule has 6 nitrogen and oxygen atoms in total. The Bertz CT molecular complexity index is 918. The van der Waals surface area contributed by atoms with E-state index in [0.29, 0.717) is 17.9 Å². The predicted molar refractivity (Wildman–Crippen MR) is 95.6 cm³/mol. The molecule has 4 rings (SSSR count). The molecule has 25 heavy (non-hydrogen) atoms. The molecule has 1 aliphatic heterocycles. The summed E-state index contributed by atoms with van der Waals surface area (Å²) in [5.41, 5.74) is 4.20. The van der Waals surface area contributed by atoms with Gasteiger partial charge in [0.25, 0.3) is 5.91 Å². The summed E-state index contributed by atoms with van der Waals surface area (Å²) in [6.07, 6.45) is 0. The van der Waals surface area contributed by atoms with Gasteiger partial charge in [-0.05, 0) is 25.5 Å². The smallest absolute Gasteiger partial charge is 0.275 e. The first-order valence-corrected chi connectivity index (χ1v) is 8.54. The molecule has 1 saturated heterocycles. The zero-order valence-corrected chi connectivity index (χ0v) is 14.4. The summed E-state index contributed by atoms with van der Waals surface area (Å²) >= 11 is 0. The lowest BCUT2D eigenvalue weighted by Crippen LogP contribution is -2.48. The number of hydrogen-bond acceptors (Lipinski definition) is 4. The van der Waals surface area contributed by atoms with Gasteiger partial charge < -0.3 is 10.2 Å². The molecule has 0 radical (unpaired) electrons. The van der Waals surface area contributed by atoms with Gasteiger partial charge in [-0.15, -0.1) is 0 Å². The summed E-state index contributed by atoms with van der Waals surface area (Å²) in [6, 6.07) is 13.9. The van der Waals surface area contributed by atoms with Gasteiger partial charge in [0.05, 0.1) is 6.04 Å². The molecule has 3 aromatic rings. The summed E-state index contributed by atoms with van der Waals surface area (Å²) in [4.78, 5) is 19.5. The van der Waals surface area contributed by atoms with E-state index in [1.165, 1.54) is 0 Å². The Morgan fingerprint density at radius 3 is 2.80 bits per heavy atom. The number of piperazine rings is 1. The molecular formula is C19H21N5O. The summed E-state index contributed by atoms with van der Waals surface area (Å²) < 4.78 is 1.74. The molecule has 2 aromatic heterocycles. The maximum Gasteiger partial charge on any atom is 0.275 e. The van der Waals surface area contributed by atoms with Crippen LogP contribution in [0.1, 0.15) is 33.5 Å². The van der Waals surface area contributed by atoms with Crippen molar-refractivity contribution in [3.8, 4) is 0 Å². The molecule has 0 aliphatic carbocycles. The summed E-state index contributed by atoms with van der Waals surface area (Å²) in [6.45, 7) is 6.12. The van der Waals surface area contributed by atoms with Gasteiger partial charge in [0.2, 0.25) is 0 Å². The Balaban J connectivity index is 1.70. The number of nitrogens with zero attached hydrogens (tertiary/aromatic N) is 4. The molecule has 1 fully saturated rings. The minimum absolute atomic E-state index is 0.0167. The minimum Gasteiger partial charge on any atom is -0.328 e. The Morgan fingerprint density at radius 2 is 2.00 bits per heavy atom. The van der Waals surface area contributed by atoms with Crippen molar-refractivity contribution in [1.82, 2.24) is 24.8 Å². The third-order valence-electron chi connectivity index (χ3n) is 4.64. The molecule has 3 heterocycles. The van der Waals surface area contributed by atoms with Crippen LogP contribution in [0.5, 0.6) is 0 Å². The van der Waals surface area contributed by atoms with Gasteiger partial charge in [0, 0.05) is 37.1 Å². The number of aromatic nitrogens is 3. The van der Waals surface area contributed by atoms with E-state index in [0.717, 1.165) is 30.0 Å². The van der Waals surface area contributed by atoms with Crippen molar-refractivity contribution < 1.29 is 4.79 Å². The monoisotopic (exact) mass is 335 g/mol. The van der Waals surface area contributed by atoms with E-state index in [9.17, 15) is 4.79 Å². The van der Waals surface area contributed by atoms with Crippen LogP contribution in [-0.4, -0.2) is 45.0 Å². The highest BCUT2D eigenvalue weighted by molar-refractivity contribution is 5.93. The lowest BCUT2D eigenvalue weighted by molar-refractivity contribution is 0.0628. The molecule has 1 N–H and O–H groups in total. The Hall–Kier alpha value is -2.73. The number of amides is 1. The van der Waals surface area contributed by atoms with Gasteiger partial charge in [0.15, 0.2) is 11.3 Å². The van der Waals surface area contributed by atoms with E-state index in [-0.39, 0.29) is 11.9 Å². The number of hydrogen-bond donors (Lipinski definition) is 1. The van der Waals surface area contributed by atoms with Crippen LogP contribution >= 0.6 is 0 Å². The highest BCUT2D eigenvalue weighted by Gasteiger charge is 2.30. The van der Waals surface area contributed by atoms with Crippen molar-refractivity contribution in [3.05, 3.63) is 65.1 Å². The standard InChI is InChI=1S/C19H21N5O/c1-13-10-14(2)24-18(21-13)11-16(22-24)19(25)23-9-8-20-12-17(23)15-6-4-3-5-7-15/h3-7,10-11,17,20H,8-9,12H2,1-2H3. The van der Waals surface area contributed by atoms with Crippen molar-refractivity contribution >= 4 is 11.6 Å². The summed E-state index contributed by atoms with van der Waals surface area (Å²) in [7, 11) is 0. The Morgan fingerprint density at radius 1 is 1.20 bits per heavy atom. The molecule has 1 atom stereocenters. The zero-order valence-electron chi connectivity index (χ0n) is 14.4. The van der Waals surface area contributed by atoms with Crippen molar-refractivity contribution in [1.29, 1.82) is 0 Å². The van der Waals surface area contributed by atoms with Gasteiger partial charge in [-0.2, -0.15) is 5.10 Å². The molecular weight excluding hydrogens is 314 g/mol. The first kappa shape index (κ1) is 15.8. The second-order valence-electron chi connectivity index (χ2n) is 6.47. The van der Waals surface area contributed by atoms with Gasteiger partial charge in [0.1, 0.15) is 0 Å². The maximum atomic E-state index is 13.1. The fourth-order valence-electron chi connectivity index (χ4n) is 3.46. The Labute approximate surface area is 146 Å². The number of carbonyl (C=O) groups excluding carboxylic acids is 1. The van der Waals surface area contributed by atoms with Crippen LogP contribution in [-0.2, 0) is 0 Å². The second-order valence-corrected chi connectivity index (χ2v) is 6.47. The average Bonchev–Trinajstić information content (AvgIpc) is 3.06. The van der Waals surface area contributed by atoms with Crippen LogP contribution in [0.15, 0.2) is 42.5 Å². The van der Waals surface area contributed by atoms with E-state index in [1.807, 2.05) is 43.0 Å². The fraction of sp³-hybridized carbons (Fsp3) is 0.316. The highest BCUT2D eigenvalue weighted by Crippen LogP contribution is 2.24. The summed E-state index contributed by atoms with van der Waals surface area (Å²) in [5.74, 6) is -0.0436. The summed E-state index contributed by atoms with van der Waals surface area (Å²) in [5, 5.41) is 7.88. The first-order chi connectivity index (χ1) is 12.1. The molecule has 0 bridgehead atoms. The van der Waals surface area contributed by atoms with E-state index in [2.05, 4.69) is 27.5 Å². The fourth-order valence-corrected chi connectivity index (χ4v) is 3.46. The van der Waals surface area contributed by atoms with Crippen molar-refractivity contribution in [2.75, 3.05) is 19.6 Å². The third kappa shape index (κ3) is 2.89. The lowest BCUT2D eigenvalue weighted by Gasteiger charge is -2.36. The second kappa shape index (κ2) is 6.29.